The first-order valence-corrected chi connectivity index (χ1v) is 5.97. The van der Waals surface area contributed by atoms with E-state index >= 15 is 0 Å². The number of nitrogens with one attached hydrogen (secondary N) is 1. The molecule has 5 heteroatoms. The zero-order valence-electron chi connectivity index (χ0n) is 11.1. The number of anilines is 1. The van der Waals surface area contributed by atoms with Gasteiger partial charge < -0.3 is 9.84 Å². The third-order valence-electron chi connectivity index (χ3n) is 2.10. The van der Waals surface area contributed by atoms with Crippen molar-refractivity contribution < 1.29 is 14.6 Å². The number of aliphatic hydroxyl groups is 1. The number of rotatable bonds is 4. The van der Waals surface area contributed by atoms with Gasteiger partial charge in [0.25, 0.3) is 0 Å². The highest BCUT2D eigenvalue weighted by atomic mass is 16.6. The molecule has 1 rings (SSSR count). The summed E-state index contributed by atoms with van der Waals surface area (Å²) in [6, 6.07) is 3.51. The Labute approximate surface area is 107 Å². The number of carbonyl (C=O) groups excluding carboxylic acids is 1. The molecule has 1 aromatic rings. The fraction of sp³-hybridized carbons (Fsp3) is 0.538. The van der Waals surface area contributed by atoms with E-state index in [1.54, 1.807) is 18.3 Å². The van der Waals surface area contributed by atoms with Crippen molar-refractivity contribution in [2.45, 2.75) is 39.2 Å². The molecule has 0 aliphatic heterocycles. The number of ether oxygens (including phenoxy) is 1. The van der Waals surface area contributed by atoms with Crippen LogP contribution in [0.3, 0.4) is 0 Å². The van der Waals surface area contributed by atoms with Crippen LogP contribution in [0.2, 0.25) is 0 Å². The number of amides is 1. The van der Waals surface area contributed by atoms with Crippen molar-refractivity contribution in [1.82, 2.24) is 4.98 Å². The van der Waals surface area contributed by atoms with E-state index in [0.717, 1.165) is 5.69 Å². The molecule has 0 aliphatic rings. The summed E-state index contributed by atoms with van der Waals surface area (Å²) in [6.45, 7) is 5.52. The highest BCUT2D eigenvalue weighted by Gasteiger charge is 2.17. The van der Waals surface area contributed by atoms with Crippen molar-refractivity contribution in [2.24, 2.45) is 0 Å². The third kappa shape index (κ3) is 5.14. The van der Waals surface area contributed by atoms with Crippen molar-refractivity contribution in [3.63, 3.8) is 0 Å². The van der Waals surface area contributed by atoms with E-state index in [1.165, 1.54) is 0 Å². The minimum atomic E-state index is -0.530. The zero-order valence-corrected chi connectivity index (χ0v) is 11.1. The molecule has 0 aliphatic carbocycles. The fourth-order valence-corrected chi connectivity index (χ4v) is 1.41. The second kappa shape index (κ2) is 6.35. The van der Waals surface area contributed by atoms with Gasteiger partial charge in [-0.05, 0) is 45.7 Å². The molecular weight excluding hydrogens is 232 g/mol. The Balaban J connectivity index is 2.68. The van der Waals surface area contributed by atoms with Gasteiger partial charge in [0, 0.05) is 12.8 Å². The molecule has 0 aromatic carbocycles. The monoisotopic (exact) mass is 252 g/mol. The van der Waals surface area contributed by atoms with Gasteiger partial charge in [-0.15, -0.1) is 0 Å². The summed E-state index contributed by atoms with van der Waals surface area (Å²) in [5.41, 5.74) is 0.843. The van der Waals surface area contributed by atoms with Crippen molar-refractivity contribution in [3.05, 3.63) is 24.0 Å². The number of aryl methyl sites for hydroxylation is 1. The maximum Gasteiger partial charge on any atom is 0.412 e. The van der Waals surface area contributed by atoms with E-state index in [4.69, 9.17) is 9.84 Å². The van der Waals surface area contributed by atoms with Crippen molar-refractivity contribution >= 4 is 11.8 Å². The van der Waals surface area contributed by atoms with Crippen LogP contribution in [0.4, 0.5) is 10.5 Å². The fourth-order valence-electron chi connectivity index (χ4n) is 1.41. The average molecular weight is 252 g/mol. The predicted molar refractivity (Wildman–Crippen MR) is 69.5 cm³/mol. The molecular formula is C13H20N2O3. The van der Waals surface area contributed by atoms with Gasteiger partial charge in [-0.25, -0.2) is 4.79 Å². The second-order valence-corrected chi connectivity index (χ2v) is 4.95. The molecule has 0 saturated carbocycles. The maximum absolute atomic E-state index is 11.6. The molecule has 0 spiro atoms. The standard InChI is InChI=1S/C13H20N2O3/c1-13(2,3)18-12(17)15-11-6-4-8-14-10(11)7-5-9-16/h4,6,8,16H,5,7,9H2,1-3H3,(H,15,17). The molecule has 1 aromatic heterocycles. The molecule has 0 atom stereocenters. The summed E-state index contributed by atoms with van der Waals surface area (Å²) in [6.07, 6.45) is 2.39. The number of nitrogens with zero attached hydrogens (tertiary/aromatic N) is 1. The molecule has 0 fully saturated rings. The van der Waals surface area contributed by atoms with Crippen LogP contribution in [0.15, 0.2) is 18.3 Å². The molecule has 0 unspecified atom stereocenters. The Kier molecular flexibility index (Phi) is 5.09. The summed E-state index contributed by atoms with van der Waals surface area (Å²) in [7, 11) is 0. The molecule has 2 N–H and O–H groups in total. The Bertz CT molecular complexity index is 399. The lowest BCUT2D eigenvalue weighted by Crippen LogP contribution is -2.27. The Morgan fingerprint density at radius 2 is 2.22 bits per heavy atom. The highest BCUT2D eigenvalue weighted by molar-refractivity contribution is 5.85. The summed E-state index contributed by atoms with van der Waals surface area (Å²) >= 11 is 0. The van der Waals surface area contributed by atoms with Gasteiger partial charge in [-0.1, -0.05) is 0 Å². The molecule has 0 saturated heterocycles. The van der Waals surface area contributed by atoms with Crippen LogP contribution in [0, 0.1) is 0 Å². The lowest BCUT2D eigenvalue weighted by molar-refractivity contribution is 0.0635. The van der Waals surface area contributed by atoms with Gasteiger partial charge in [0.15, 0.2) is 0 Å². The highest BCUT2D eigenvalue weighted by Crippen LogP contribution is 2.16. The van der Waals surface area contributed by atoms with E-state index < -0.39 is 11.7 Å². The first-order chi connectivity index (χ1) is 8.42. The van der Waals surface area contributed by atoms with Gasteiger partial charge in [0.2, 0.25) is 0 Å². The van der Waals surface area contributed by atoms with E-state index in [1.807, 2.05) is 20.8 Å². The first-order valence-electron chi connectivity index (χ1n) is 5.97. The van der Waals surface area contributed by atoms with E-state index in [2.05, 4.69) is 10.3 Å². The number of hydrogen-bond acceptors (Lipinski definition) is 4. The predicted octanol–water partition coefficient (Wildman–Crippen LogP) is 2.35. The van der Waals surface area contributed by atoms with Gasteiger partial charge in [0.1, 0.15) is 5.60 Å². The minimum Gasteiger partial charge on any atom is -0.444 e. The molecule has 1 heterocycles. The third-order valence-corrected chi connectivity index (χ3v) is 2.10. The first kappa shape index (κ1) is 14.4. The van der Waals surface area contributed by atoms with Crippen LogP contribution in [0.25, 0.3) is 0 Å². The lowest BCUT2D eigenvalue weighted by Gasteiger charge is -2.20. The maximum atomic E-state index is 11.6. The van der Waals surface area contributed by atoms with Crippen molar-refractivity contribution in [1.29, 1.82) is 0 Å². The molecule has 5 nitrogen and oxygen atoms in total. The number of aromatic nitrogens is 1. The van der Waals surface area contributed by atoms with Gasteiger partial charge in [-0.2, -0.15) is 0 Å². The summed E-state index contributed by atoms with van der Waals surface area (Å²) < 4.78 is 5.17. The molecule has 100 valence electrons. The number of carbonyl (C=O) groups is 1. The van der Waals surface area contributed by atoms with Crippen molar-refractivity contribution in [3.8, 4) is 0 Å². The number of pyridine rings is 1. The van der Waals surface area contributed by atoms with Gasteiger partial charge >= 0.3 is 6.09 Å². The van der Waals surface area contributed by atoms with E-state index in [-0.39, 0.29) is 6.61 Å². The second-order valence-electron chi connectivity index (χ2n) is 4.95. The van der Waals surface area contributed by atoms with Crippen LogP contribution >= 0.6 is 0 Å². The molecule has 0 radical (unpaired) electrons. The largest absolute Gasteiger partial charge is 0.444 e. The average Bonchev–Trinajstić information content (AvgIpc) is 2.25. The zero-order chi connectivity index (χ0) is 13.6. The minimum absolute atomic E-state index is 0.0997. The number of aliphatic hydroxyl groups excluding tert-OH is 1. The van der Waals surface area contributed by atoms with E-state index in [9.17, 15) is 4.79 Å². The van der Waals surface area contributed by atoms with Crippen LogP contribution in [0.1, 0.15) is 32.9 Å². The summed E-state index contributed by atoms with van der Waals surface area (Å²) in [5.74, 6) is 0. The Morgan fingerprint density at radius 1 is 1.50 bits per heavy atom. The molecule has 18 heavy (non-hydrogen) atoms. The molecule has 1 amide bonds. The Morgan fingerprint density at radius 3 is 2.83 bits per heavy atom. The quantitative estimate of drug-likeness (QED) is 0.862. The van der Waals surface area contributed by atoms with Crippen LogP contribution in [0.5, 0.6) is 0 Å². The van der Waals surface area contributed by atoms with Crippen LogP contribution in [-0.4, -0.2) is 28.4 Å². The van der Waals surface area contributed by atoms with Gasteiger partial charge in [-0.3, -0.25) is 10.3 Å². The lowest BCUT2D eigenvalue weighted by atomic mass is 10.2. The van der Waals surface area contributed by atoms with Crippen LogP contribution in [-0.2, 0) is 11.2 Å². The topological polar surface area (TPSA) is 71.5 Å². The smallest absolute Gasteiger partial charge is 0.412 e. The Hall–Kier alpha value is -1.62. The summed E-state index contributed by atoms with van der Waals surface area (Å²) in [5, 5.41) is 11.5. The van der Waals surface area contributed by atoms with Gasteiger partial charge in [0.05, 0.1) is 11.4 Å². The molecule has 0 bridgehead atoms. The van der Waals surface area contributed by atoms with E-state index in [0.29, 0.717) is 18.5 Å². The SMILES string of the molecule is CC(C)(C)OC(=O)Nc1cccnc1CCCO. The summed E-state index contributed by atoms with van der Waals surface area (Å²) in [4.78, 5) is 15.8. The van der Waals surface area contributed by atoms with Crippen molar-refractivity contribution in [2.75, 3.05) is 11.9 Å². The number of hydrogen-bond donors (Lipinski definition) is 2. The normalized spacial score (nSPS) is 11.1. The van der Waals surface area contributed by atoms with Crippen LogP contribution < -0.4 is 5.32 Å².